The second-order valence-corrected chi connectivity index (χ2v) is 8.56. The van der Waals surface area contributed by atoms with Gasteiger partial charge >= 0.3 is 0 Å². The fourth-order valence-electron chi connectivity index (χ4n) is 2.55. The lowest BCUT2D eigenvalue weighted by atomic mass is 9.99. The third-order valence-electron chi connectivity index (χ3n) is 4.43. The molecule has 0 bridgehead atoms. The normalized spacial score (nSPS) is 24.3. The fourth-order valence-corrected chi connectivity index (χ4v) is 3.35. The molecule has 2 unspecified atom stereocenters. The molecule has 2 atom stereocenters. The SMILES string of the molecule is CCC1(C)CCC(CNC(=O)c2ccc(S(=O)(=O)N(C)C)nc2)O1. The molecular weight excluding hydrogens is 330 g/mol. The number of aromatic nitrogens is 1. The number of pyridine rings is 1. The van der Waals surface area contributed by atoms with Crippen molar-refractivity contribution in [3.8, 4) is 0 Å². The Balaban J connectivity index is 1.94. The number of rotatable bonds is 6. The van der Waals surface area contributed by atoms with E-state index < -0.39 is 10.0 Å². The Morgan fingerprint density at radius 3 is 2.67 bits per heavy atom. The lowest BCUT2D eigenvalue weighted by molar-refractivity contribution is -0.0290. The molecule has 8 heteroatoms. The predicted molar refractivity (Wildman–Crippen MR) is 90.2 cm³/mol. The molecule has 1 aliphatic rings. The minimum atomic E-state index is -3.59. The lowest BCUT2D eigenvalue weighted by Crippen LogP contribution is -2.34. The quantitative estimate of drug-likeness (QED) is 0.833. The summed E-state index contributed by atoms with van der Waals surface area (Å²) in [6.45, 7) is 4.62. The highest BCUT2D eigenvalue weighted by atomic mass is 32.2. The minimum absolute atomic E-state index is 0.0141. The van der Waals surface area contributed by atoms with Crippen molar-refractivity contribution < 1.29 is 17.9 Å². The first kappa shape index (κ1) is 18.8. The number of carbonyl (C=O) groups is 1. The molecule has 1 amide bonds. The van der Waals surface area contributed by atoms with E-state index in [4.69, 9.17) is 4.74 Å². The zero-order valence-corrected chi connectivity index (χ0v) is 15.4. The van der Waals surface area contributed by atoms with Crippen LogP contribution in [-0.2, 0) is 14.8 Å². The maximum Gasteiger partial charge on any atom is 0.260 e. The van der Waals surface area contributed by atoms with E-state index in [-0.39, 0.29) is 22.6 Å². The van der Waals surface area contributed by atoms with Crippen LogP contribution in [0.2, 0.25) is 0 Å². The number of carbonyl (C=O) groups excluding carboxylic acids is 1. The first-order chi connectivity index (χ1) is 11.2. The summed E-state index contributed by atoms with van der Waals surface area (Å²) >= 11 is 0. The highest BCUT2D eigenvalue weighted by molar-refractivity contribution is 7.89. The summed E-state index contributed by atoms with van der Waals surface area (Å²) in [4.78, 5) is 16.0. The summed E-state index contributed by atoms with van der Waals surface area (Å²) in [5.74, 6) is -0.287. The number of hydrogen-bond donors (Lipinski definition) is 1. The smallest absolute Gasteiger partial charge is 0.260 e. The van der Waals surface area contributed by atoms with Crippen molar-refractivity contribution in [2.45, 2.75) is 49.8 Å². The molecule has 1 N–H and O–H groups in total. The van der Waals surface area contributed by atoms with Gasteiger partial charge in [0.15, 0.2) is 5.03 Å². The molecule has 2 heterocycles. The molecule has 0 radical (unpaired) electrons. The van der Waals surface area contributed by atoms with Crippen LogP contribution in [-0.4, -0.2) is 56.0 Å². The maximum atomic E-state index is 12.2. The number of ether oxygens (including phenoxy) is 1. The largest absolute Gasteiger partial charge is 0.370 e. The van der Waals surface area contributed by atoms with Crippen molar-refractivity contribution in [3.63, 3.8) is 0 Å². The summed E-state index contributed by atoms with van der Waals surface area (Å²) in [6.07, 6.45) is 4.15. The van der Waals surface area contributed by atoms with E-state index in [1.54, 1.807) is 0 Å². The van der Waals surface area contributed by atoms with Crippen molar-refractivity contribution in [1.82, 2.24) is 14.6 Å². The van der Waals surface area contributed by atoms with Crippen LogP contribution in [0.15, 0.2) is 23.4 Å². The summed E-state index contributed by atoms with van der Waals surface area (Å²) in [5.41, 5.74) is 0.225. The lowest BCUT2D eigenvalue weighted by Gasteiger charge is -2.23. The Morgan fingerprint density at radius 2 is 2.17 bits per heavy atom. The highest BCUT2D eigenvalue weighted by Gasteiger charge is 2.34. The van der Waals surface area contributed by atoms with Gasteiger partial charge in [-0.2, -0.15) is 0 Å². The van der Waals surface area contributed by atoms with Crippen molar-refractivity contribution in [2.24, 2.45) is 0 Å². The van der Waals surface area contributed by atoms with Crippen LogP contribution in [0.5, 0.6) is 0 Å². The molecular formula is C16H25N3O4S. The molecule has 2 rings (SSSR count). The molecule has 0 spiro atoms. The molecule has 1 saturated heterocycles. The van der Waals surface area contributed by atoms with Crippen molar-refractivity contribution in [3.05, 3.63) is 23.9 Å². The minimum Gasteiger partial charge on any atom is -0.370 e. The number of nitrogens with one attached hydrogen (secondary N) is 1. The molecule has 0 aromatic carbocycles. The molecule has 1 aromatic rings. The van der Waals surface area contributed by atoms with E-state index in [2.05, 4.69) is 24.1 Å². The predicted octanol–water partition coefficient (Wildman–Crippen LogP) is 1.41. The summed E-state index contributed by atoms with van der Waals surface area (Å²) in [6, 6.07) is 2.80. The van der Waals surface area contributed by atoms with Crippen LogP contribution < -0.4 is 5.32 Å². The number of amides is 1. The average Bonchev–Trinajstić information content (AvgIpc) is 2.95. The molecule has 134 valence electrons. The highest BCUT2D eigenvalue weighted by Crippen LogP contribution is 2.32. The van der Waals surface area contributed by atoms with Crippen molar-refractivity contribution >= 4 is 15.9 Å². The third-order valence-corrected chi connectivity index (χ3v) is 6.16. The molecule has 1 aromatic heterocycles. The third kappa shape index (κ3) is 4.12. The molecule has 7 nitrogen and oxygen atoms in total. The maximum absolute atomic E-state index is 12.2. The molecule has 1 aliphatic heterocycles. The van der Waals surface area contributed by atoms with Crippen molar-refractivity contribution in [2.75, 3.05) is 20.6 Å². The van der Waals surface area contributed by atoms with Gasteiger partial charge in [0.2, 0.25) is 0 Å². The second-order valence-electron chi connectivity index (χ2n) is 6.46. The summed E-state index contributed by atoms with van der Waals surface area (Å²) < 4.78 is 30.9. The van der Waals surface area contributed by atoms with E-state index in [1.807, 2.05) is 0 Å². The summed E-state index contributed by atoms with van der Waals surface area (Å²) in [7, 11) is -0.722. The Labute approximate surface area is 143 Å². The van der Waals surface area contributed by atoms with Gasteiger partial charge in [-0.25, -0.2) is 17.7 Å². The van der Waals surface area contributed by atoms with Gasteiger partial charge in [-0.1, -0.05) is 6.92 Å². The molecule has 0 aliphatic carbocycles. The van der Waals surface area contributed by atoms with Crippen LogP contribution in [0, 0.1) is 0 Å². The first-order valence-electron chi connectivity index (χ1n) is 8.02. The Morgan fingerprint density at radius 1 is 1.46 bits per heavy atom. The van der Waals surface area contributed by atoms with Gasteiger partial charge < -0.3 is 10.1 Å². The first-order valence-corrected chi connectivity index (χ1v) is 9.46. The van der Waals surface area contributed by atoms with Gasteiger partial charge in [0.05, 0.1) is 17.3 Å². The Hall–Kier alpha value is -1.51. The Bertz CT molecular complexity index is 688. The van der Waals surface area contributed by atoms with Crippen molar-refractivity contribution in [1.29, 1.82) is 0 Å². The van der Waals surface area contributed by atoms with Gasteiger partial charge in [0.1, 0.15) is 0 Å². The second kappa shape index (κ2) is 7.16. The molecule has 0 saturated carbocycles. The molecule has 24 heavy (non-hydrogen) atoms. The van der Waals surface area contributed by atoms with Gasteiger partial charge in [0, 0.05) is 26.8 Å². The standard InChI is InChI=1S/C16H25N3O4S/c1-5-16(2)9-8-13(23-16)11-18-15(20)12-6-7-14(17-10-12)24(21,22)19(3)4/h6-7,10,13H,5,8-9,11H2,1-4H3,(H,18,20). The number of hydrogen-bond acceptors (Lipinski definition) is 5. The molecule has 1 fully saturated rings. The van der Waals surface area contributed by atoms with E-state index in [1.165, 1.54) is 32.4 Å². The summed E-state index contributed by atoms with van der Waals surface area (Å²) in [5, 5.41) is 2.74. The average molecular weight is 355 g/mol. The van der Waals surface area contributed by atoms with Crippen LogP contribution in [0.4, 0.5) is 0 Å². The van der Waals surface area contributed by atoms with E-state index >= 15 is 0 Å². The van der Waals surface area contributed by atoms with Gasteiger partial charge in [-0.3, -0.25) is 4.79 Å². The van der Waals surface area contributed by atoms with E-state index in [0.29, 0.717) is 12.1 Å². The van der Waals surface area contributed by atoms with Gasteiger partial charge in [0.25, 0.3) is 15.9 Å². The number of sulfonamides is 1. The number of nitrogens with zero attached hydrogens (tertiary/aromatic N) is 2. The zero-order chi connectivity index (χ0) is 18.0. The zero-order valence-electron chi connectivity index (χ0n) is 14.6. The van der Waals surface area contributed by atoms with Crippen LogP contribution >= 0.6 is 0 Å². The monoisotopic (exact) mass is 355 g/mol. The van der Waals surface area contributed by atoms with Crippen LogP contribution in [0.3, 0.4) is 0 Å². The fraction of sp³-hybridized carbons (Fsp3) is 0.625. The van der Waals surface area contributed by atoms with Crippen LogP contribution in [0.25, 0.3) is 0 Å². The Kier molecular flexibility index (Phi) is 5.62. The van der Waals surface area contributed by atoms with Crippen LogP contribution in [0.1, 0.15) is 43.5 Å². The van der Waals surface area contributed by atoms with E-state index in [0.717, 1.165) is 23.6 Å². The van der Waals surface area contributed by atoms with Gasteiger partial charge in [-0.15, -0.1) is 0 Å². The topological polar surface area (TPSA) is 88.6 Å². The van der Waals surface area contributed by atoms with Gasteiger partial charge in [-0.05, 0) is 38.3 Å². The van der Waals surface area contributed by atoms with E-state index in [9.17, 15) is 13.2 Å².